The normalized spacial score (nSPS) is 23.4. The van der Waals surface area contributed by atoms with Crippen molar-refractivity contribution < 1.29 is 4.74 Å². The number of alkyl halides is 1. The number of nitrogens with zero attached hydrogens (tertiary/aromatic N) is 2. The third-order valence-corrected chi connectivity index (χ3v) is 4.76. The summed E-state index contributed by atoms with van der Waals surface area (Å²) in [5, 5.41) is -0.109. The molecule has 2 atom stereocenters. The van der Waals surface area contributed by atoms with Gasteiger partial charge in [-0.1, -0.05) is 15.9 Å². The van der Waals surface area contributed by atoms with Crippen LogP contribution in [0.4, 0.5) is 0 Å². The Morgan fingerprint density at radius 1 is 1.48 bits per heavy atom. The van der Waals surface area contributed by atoms with Crippen LogP contribution in [-0.4, -0.2) is 21.8 Å². The van der Waals surface area contributed by atoms with E-state index in [4.69, 9.17) is 21.3 Å². The van der Waals surface area contributed by atoms with Crippen molar-refractivity contribution in [2.45, 2.75) is 50.6 Å². The van der Waals surface area contributed by atoms with Gasteiger partial charge >= 0.3 is 0 Å². The minimum absolute atomic E-state index is 0.0955. The van der Waals surface area contributed by atoms with Crippen LogP contribution in [0.15, 0.2) is 22.7 Å². The zero-order chi connectivity index (χ0) is 15.2. The molecular formula is C16H20BrClN2O. The van der Waals surface area contributed by atoms with Gasteiger partial charge in [0.1, 0.15) is 5.82 Å². The second-order valence-corrected chi connectivity index (χ2v) is 7.91. The van der Waals surface area contributed by atoms with Crippen LogP contribution in [0.5, 0.6) is 0 Å². The second kappa shape index (κ2) is 5.56. The van der Waals surface area contributed by atoms with E-state index in [1.165, 1.54) is 0 Å². The van der Waals surface area contributed by atoms with Crippen LogP contribution in [0.2, 0.25) is 0 Å². The fraction of sp³-hybridized carbons (Fsp3) is 0.562. The number of rotatable bonds is 2. The molecule has 3 rings (SSSR count). The van der Waals surface area contributed by atoms with Crippen LogP contribution in [0.25, 0.3) is 11.0 Å². The van der Waals surface area contributed by atoms with Crippen molar-refractivity contribution in [3.05, 3.63) is 28.5 Å². The number of hydrogen-bond donors (Lipinski definition) is 0. The highest BCUT2D eigenvalue weighted by Crippen LogP contribution is 2.37. The minimum Gasteiger partial charge on any atom is -0.375 e. The van der Waals surface area contributed by atoms with E-state index in [1.54, 1.807) is 0 Å². The van der Waals surface area contributed by atoms with E-state index >= 15 is 0 Å². The molecule has 0 spiro atoms. The van der Waals surface area contributed by atoms with Crippen LogP contribution in [0, 0.1) is 0 Å². The van der Waals surface area contributed by atoms with E-state index in [9.17, 15) is 0 Å². The van der Waals surface area contributed by atoms with E-state index in [2.05, 4.69) is 52.5 Å². The summed E-state index contributed by atoms with van der Waals surface area (Å²) in [6.45, 7) is 7.07. The molecule has 1 fully saturated rings. The first kappa shape index (κ1) is 15.3. The SMILES string of the molecule is CC(Cl)c1nc2cc(Br)ccc2n1C1CCOC(C)(C)C1. The Bertz CT molecular complexity index is 666. The molecule has 1 aliphatic heterocycles. The van der Waals surface area contributed by atoms with E-state index in [0.717, 1.165) is 40.8 Å². The van der Waals surface area contributed by atoms with Gasteiger partial charge in [0.05, 0.1) is 22.0 Å². The fourth-order valence-electron chi connectivity index (χ4n) is 3.17. The summed E-state index contributed by atoms with van der Waals surface area (Å²) in [6, 6.07) is 6.63. The predicted molar refractivity (Wildman–Crippen MR) is 90.0 cm³/mol. The first-order valence-corrected chi connectivity index (χ1v) is 8.56. The van der Waals surface area contributed by atoms with Crippen molar-refractivity contribution in [2.24, 2.45) is 0 Å². The monoisotopic (exact) mass is 370 g/mol. The summed E-state index contributed by atoms with van der Waals surface area (Å²) in [6.07, 6.45) is 1.98. The molecule has 2 heterocycles. The molecule has 114 valence electrons. The highest BCUT2D eigenvalue weighted by molar-refractivity contribution is 9.10. The van der Waals surface area contributed by atoms with Gasteiger partial charge in [-0.05, 0) is 51.8 Å². The molecule has 0 saturated carbocycles. The second-order valence-electron chi connectivity index (χ2n) is 6.34. The molecule has 1 aliphatic rings. The number of benzene rings is 1. The van der Waals surface area contributed by atoms with E-state index in [-0.39, 0.29) is 11.0 Å². The number of imidazole rings is 1. The number of fused-ring (bicyclic) bond motifs is 1. The number of hydrogen-bond acceptors (Lipinski definition) is 2. The van der Waals surface area contributed by atoms with Gasteiger partial charge in [0.2, 0.25) is 0 Å². The maximum Gasteiger partial charge on any atom is 0.127 e. The maximum atomic E-state index is 6.38. The molecule has 0 amide bonds. The Morgan fingerprint density at radius 2 is 2.24 bits per heavy atom. The molecule has 0 bridgehead atoms. The summed E-state index contributed by atoms with van der Waals surface area (Å²) in [7, 11) is 0. The largest absolute Gasteiger partial charge is 0.375 e. The predicted octanol–water partition coefficient (Wildman–Crippen LogP) is 5.23. The summed E-state index contributed by atoms with van der Waals surface area (Å²) < 4.78 is 9.22. The molecular weight excluding hydrogens is 352 g/mol. The van der Waals surface area contributed by atoms with Crippen LogP contribution in [0.3, 0.4) is 0 Å². The molecule has 2 unspecified atom stereocenters. The quantitative estimate of drug-likeness (QED) is 0.676. The maximum absolute atomic E-state index is 6.38. The lowest BCUT2D eigenvalue weighted by Gasteiger charge is -2.37. The molecule has 5 heteroatoms. The van der Waals surface area contributed by atoms with Gasteiger partial charge in [0.15, 0.2) is 0 Å². The number of ether oxygens (including phenoxy) is 1. The van der Waals surface area contributed by atoms with Crippen molar-refractivity contribution in [2.75, 3.05) is 6.61 Å². The average molecular weight is 372 g/mol. The summed E-state index contributed by atoms with van der Waals surface area (Å²) >= 11 is 9.90. The van der Waals surface area contributed by atoms with Gasteiger partial charge in [0.25, 0.3) is 0 Å². The highest BCUT2D eigenvalue weighted by atomic mass is 79.9. The van der Waals surface area contributed by atoms with Crippen molar-refractivity contribution >= 4 is 38.6 Å². The first-order valence-electron chi connectivity index (χ1n) is 7.33. The molecule has 21 heavy (non-hydrogen) atoms. The zero-order valence-electron chi connectivity index (χ0n) is 12.6. The minimum atomic E-state index is -0.109. The van der Waals surface area contributed by atoms with Crippen LogP contribution < -0.4 is 0 Å². The molecule has 1 saturated heterocycles. The van der Waals surface area contributed by atoms with Gasteiger partial charge in [-0.3, -0.25) is 0 Å². The summed E-state index contributed by atoms with van der Waals surface area (Å²) in [4.78, 5) is 4.76. The van der Waals surface area contributed by atoms with Crippen LogP contribution in [0.1, 0.15) is 50.9 Å². The number of aromatic nitrogens is 2. The molecule has 0 N–H and O–H groups in total. The lowest BCUT2D eigenvalue weighted by atomic mass is 9.93. The summed E-state index contributed by atoms with van der Waals surface area (Å²) in [5.41, 5.74) is 2.06. The van der Waals surface area contributed by atoms with Crippen molar-refractivity contribution in [1.29, 1.82) is 0 Å². The van der Waals surface area contributed by atoms with Gasteiger partial charge < -0.3 is 9.30 Å². The Balaban J connectivity index is 2.13. The van der Waals surface area contributed by atoms with E-state index < -0.39 is 0 Å². The number of halogens is 2. The Hall–Kier alpha value is -0.580. The smallest absolute Gasteiger partial charge is 0.127 e. The average Bonchev–Trinajstić information content (AvgIpc) is 2.76. The lowest BCUT2D eigenvalue weighted by molar-refractivity contribution is -0.0688. The summed E-state index contributed by atoms with van der Waals surface area (Å²) in [5.74, 6) is 0.951. The third kappa shape index (κ3) is 2.99. The van der Waals surface area contributed by atoms with E-state index in [1.807, 2.05) is 6.92 Å². The molecule has 0 aliphatic carbocycles. The first-order chi connectivity index (χ1) is 9.87. The molecule has 0 radical (unpaired) electrons. The Labute approximate surface area is 138 Å². The fourth-order valence-corrected chi connectivity index (χ4v) is 3.68. The zero-order valence-corrected chi connectivity index (χ0v) is 14.9. The van der Waals surface area contributed by atoms with Crippen molar-refractivity contribution in [1.82, 2.24) is 9.55 Å². The van der Waals surface area contributed by atoms with Crippen molar-refractivity contribution in [3.8, 4) is 0 Å². The third-order valence-electron chi connectivity index (χ3n) is 4.07. The van der Waals surface area contributed by atoms with Gasteiger partial charge in [0, 0.05) is 17.1 Å². The topological polar surface area (TPSA) is 27.1 Å². The Morgan fingerprint density at radius 3 is 2.90 bits per heavy atom. The van der Waals surface area contributed by atoms with Gasteiger partial charge in [-0.2, -0.15) is 0 Å². The highest BCUT2D eigenvalue weighted by Gasteiger charge is 2.32. The van der Waals surface area contributed by atoms with Gasteiger partial charge in [-0.15, -0.1) is 11.6 Å². The molecule has 3 nitrogen and oxygen atoms in total. The van der Waals surface area contributed by atoms with Gasteiger partial charge in [-0.25, -0.2) is 4.98 Å². The Kier molecular flexibility index (Phi) is 4.06. The van der Waals surface area contributed by atoms with E-state index in [0.29, 0.717) is 6.04 Å². The molecule has 2 aromatic rings. The van der Waals surface area contributed by atoms with Crippen molar-refractivity contribution in [3.63, 3.8) is 0 Å². The molecule has 1 aromatic carbocycles. The standard InChI is InChI=1S/C16H20BrClN2O/c1-10(18)15-19-13-8-11(17)4-5-14(13)20(15)12-6-7-21-16(2,3)9-12/h4-5,8,10,12H,6-7,9H2,1-3H3. The lowest BCUT2D eigenvalue weighted by Crippen LogP contribution is -2.35. The van der Waals surface area contributed by atoms with Crippen LogP contribution >= 0.6 is 27.5 Å². The molecule has 1 aromatic heterocycles. The van der Waals surface area contributed by atoms with Crippen LogP contribution in [-0.2, 0) is 4.74 Å².